The van der Waals surface area contributed by atoms with Crippen LogP contribution in [-0.2, 0) is 10.1 Å². The van der Waals surface area contributed by atoms with Crippen molar-refractivity contribution in [1.82, 2.24) is 0 Å². The van der Waals surface area contributed by atoms with Crippen molar-refractivity contribution >= 4 is 15.8 Å². The minimum Gasteiger partial charge on any atom is -0.502 e. The molecule has 0 heterocycles. The van der Waals surface area contributed by atoms with E-state index in [4.69, 9.17) is 9.66 Å². The Bertz CT molecular complexity index is 479. The van der Waals surface area contributed by atoms with E-state index >= 15 is 0 Å². The lowest BCUT2D eigenvalue weighted by molar-refractivity contribution is -0.388. The van der Waals surface area contributed by atoms with Crippen LogP contribution < -0.4 is 0 Å². The minimum absolute atomic E-state index is 0.815. The van der Waals surface area contributed by atoms with Crippen LogP contribution in [0.15, 0.2) is 23.1 Å². The van der Waals surface area contributed by atoms with E-state index in [0.29, 0.717) is 0 Å². The first kappa shape index (κ1) is 10.4. The summed E-state index contributed by atoms with van der Waals surface area (Å²) >= 11 is 0. The van der Waals surface area contributed by atoms with E-state index in [-0.39, 0.29) is 0 Å². The van der Waals surface area contributed by atoms with Gasteiger partial charge in [-0.25, -0.2) is 0 Å². The lowest BCUT2D eigenvalue weighted by atomic mass is 10.3. The molecule has 2 N–H and O–H groups in total. The molecule has 1 rings (SSSR count). The number of nitro benzene ring substituents is 1. The van der Waals surface area contributed by atoms with Gasteiger partial charge in [0.25, 0.3) is 0 Å². The van der Waals surface area contributed by atoms with E-state index in [1.807, 2.05) is 0 Å². The number of hydrogen-bond donors (Lipinski definition) is 2. The van der Waals surface area contributed by atoms with Gasteiger partial charge in [0.05, 0.1) is 4.92 Å². The first-order valence-electron chi connectivity index (χ1n) is 3.28. The van der Waals surface area contributed by atoms with E-state index in [1.165, 1.54) is 0 Å². The molecule has 0 bridgehead atoms. The van der Waals surface area contributed by atoms with Gasteiger partial charge >= 0.3 is 15.8 Å². The SMILES string of the molecule is O=[N+]([O-])c1c(O)cccc1S(=O)(=O)O. The van der Waals surface area contributed by atoms with Gasteiger partial charge in [-0.3, -0.25) is 14.7 Å². The van der Waals surface area contributed by atoms with Crippen molar-refractivity contribution in [3.8, 4) is 5.75 Å². The molecule has 0 saturated heterocycles. The first-order valence-corrected chi connectivity index (χ1v) is 4.72. The average molecular weight is 219 g/mol. The fourth-order valence-electron chi connectivity index (χ4n) is 0.902. The summed E-state index contributed by atoms with van der Waals surface area (Å²) in [5.74, 6) is -0.815. The maximum atomic E-state index is 10.7. The number of para-hydroxylation sites is 1. The average Bonchev–Trinajstić information content (AvgIpc) is 2.01. The Morgan fingerprint density at radius 2 is 1.93 bits per heavy atom. The molecule has 0 spiro atoms. The number of aromatic hydroxyl groups is 1. The van der Waals surface area contributed by atoms with Crippen molar-refractivity contribution in [2.45, 2.75) is 4.90 Å². The van der Waals surface area contributed by atoms with Gasteiger partial charge in [-0.1, -0.05) is 6.07 Å². The smallest absolute Gasteiger partial charge is 0.331 e. The Morgan fingerprint density at radius 1 is 1.36 bits per heavy atom. The van der Waals surface area contributed by atoms with E-state index in [9.17, 15) is 18.5 Å². The van der Waals surface area contributed by atoms with Gasteiger partial charge in [-0.05, 0) is 12.1 Å². The summed E-state index contributed by atoms with van der Waals surface area (Å²) in [6.45, 7) is 0. The maximum Gasteiger partial charge on any atom is 0.331 e. The highest BCUT2D eigenvalue weighted by atomic mass is 32.2. The summed E-state index contributed by atoms with van der Waals surface area (Å²) in [7, 11) is -4.70. The number of rotatable bonds is 2. The Hall–Kier alpha value is -1.67. The number of benzene rings is 1. The Kier molecular flexibility index (Phi) is 2.41. The van der Waals surface area contributed by atoms with E-state index in [1.54, 1.807) is 0 Å². The molecule has 0 fully saturated rings. The molecular formula is C6H5NO6S. The van der Waals surface area contributed by atoms with Crippen LogP contribution in [-0.4, -0.2) is 23.0 Å². The van der Waals surface area contributed by atoms with Crippen molar-refractivity contribution in [2.24, 2.45) is 0 Å². The predicted octanol–water partition coefficient (Wildman–Crippen LogP) is 0.547. The van der Waals surface area contributed by atoms with Gasteiger partial charge < -0.3 is 5.11 Å². The molecule has 7 nitrogen and oxygen atoms in total. The van der Waals surface area contributed by atoms with E-state index in [0.717, 1.165) is 18.2 Å². The third-order valence-electron chi connectivity index (χ3n) is 1.44. The van der Waals surface area contributed by atoms with Gasteiger partial charge in [0.15, 0.2) is 10.6 Å². The number of nitrogens with zero attached hydrogens (tertiary/aromatic N) is 1. The van der Waals surface area contributed by atoms with Crippen LogP contribution in [0.1, 0.15) is 0 Å². The second kappa shape index (κ2) is 3.24. The fraction of sp³-hybridized carbons (Fsp3) is 0. The Morgan fingerprint density at radius 3 is 2.29 bits per heavy atom. The molecule has 0 aromatic heterocycles. The highest BCUT2D eigenvalue weighted by Gasteiger charge is 2.27. The Balaban J connectivity index is 3.61. The predicted molar refractivity (Wildman–Crippen MR) is 44.6 cm³/mol. The van der Waals surface area contributed by atoms with Crippen LogP contribution >= 0.6 is 0 Å². The molecule has 0 saturated carbocycles. The third kappa shape index (κ3) is 1.80. The molecule has 0 aliphatic heterocycles. The normalized spacial score (nSPS) is 11.2. The summed E-state index contributed by atoms with van der Waals surface area (Å²) in [6.07, 6.45) is 0. The maximum absolute atomic E-state index is 10.7. The molecule has 0 atom stereocenters. The van der Waals surface area contributed by atoms with Crippen molar-refractivity contribution < 1.29 is 23.0 Å². The van der Waals surface area contributed by atoms with E-state index in [2.05, 4.69) is 0 Å². The van der Waals surface area contributed by atoms with Gasteiger partial charge in [-0.15, -0.1) is 0 Å². The quantitative estimate of drug-likeness (QED) is 0.426. The fourth-order valence-corrected chi connectivity index (χ4v) is 1.58. The van der Waals surface area contributed by atoms with Crippen molar-refractivity contribution in [1.29, 1.82) is 0 Å². The van der Waals surface area contributed by atoms with Crippen LogP contribution in [0.5, 0.6) is 5.75 Å². The summed E-state index contributed by atoms with van der Waals surface area (Å²) in [5.41, 5.74) is -1.03. The highest BCUT2D eigenvalue weighted by molar-refractivity contribution is 7.86. The molecular weight excluding hydrogens is 214 g/mol. The number of phenols is 1. The topological polar surface area (TPSA) is 118 Å². The lowest BCUT2D eigenvalue weighted by Crippen LogP contribution is -2.03. The molecule has 0 aliphatic rings. The van der Waals surface area contributed by atoms with Crippen LogP contribution in [0.25, 0.3) is 0 Å². The van der Waals surface area contributed by atoms with Crippen LogP contribution in [0.2, 0.25) is 0 Å². The monoisotopic (exact) mass is 219 g/mol. The molecule has 0 radical (unpaired) electrons. The van der Waals surface area contributed by atoms with Crippen LogP contribution in [0.3, 0.4) is 0 Å². The van der Waals surface area contributed by atoms with Crippen molar-refractivity contribution in [2.75, 3.05) is 0 Å². The zero-order valence-electron chi connectivity index (χ0n) is 6.61. The largest absolute Gasteiger partial charge is 0.502 e. The molecule has 1 aromatic rings. The van der Waals surface area contributed by atoms with Gasteiger partial charge in [0, 0.05) is 0 Å². The summed E-state index contributed by atoms with van der Waals surface area (Å²) in [6, 6.07) is 2.85. The lowest BCUT2D eigenvalue weighted by Gasteiger charge is -2.00. The molecule has 76 valence electrons. The summed E-state index contributed by atoms with van der Waals surface area (Å²) in [4.78, 5) is 8.35. The third-order valence-corrected chi connectivity index (χ3v) is 2.32. The second-order valence-corrected chi connectivity index (χ2v) is 3.75. The van der Waals surface area contributed by atoms with Gasteiger partial charge in [-0.2, -0.15) is 8.42 Å². The minimum atomic E-state index is -4.70. The highest BCUT2D eigenvalue weighted by Crippen LogP contribution is 2.32. The zero-order valence-corrected chi connectivity index (χ0v) is 7.43. The molecule has 8 heteroatoms. The number of hydrogen-bond acceptors (Lipinski definition) is 5. The summed E-state index contributed by atoms with van der Waals surface area (Å²) < 4.78 is 29.9. The van der Waals surface area contributed by atoms with Crippen LogP contribution in [0.4, 0.5) is 5.69 Å². The summed E-state index contributed by atoms with van der Waals surface area (Å²) in [5, 5.41) is 19.4. The standard InChI is InChI=1S/C6H5NO6S/c8-4-2-1-3-5(14(11,12)13)6(4)7(9)10/h1-3,8H,(H,11,12,13). The second-order valence-electron chi connectivity index (χ2n) is 2.36. The van der Waals surface area contributed by atoms with Crippen LogP contribution in [0, 0.1) is 10.1 Å². The first-order chi connectivity index (χ1) is 6.34. The molecule has 1 aromatic carbocycles. The van der Waals surface area contributed by atoms with Crippen molar-refractivity contribution in [3.05, 3.63) is 28.3 Å². The molecule has 0 unspecified atom stereocenters. The number of phenolic OH excluding ortho intramolecular Hbond substituents is 1. The molecule has 0 amide bonds. The Labute approximate surface area is 78.5 Å². The zero-order chi connectivity index (χ0) is 10.9. The van der Waals surface area contributed by atoms with Gasteiger partial charge in [0.2, 0.25) is 0 Å². The molecule has 0 aliphatic carbocycles. The van der Waals surface area contributed by atoms with E-state index < -0.39 is 31.4 Å². The van der Waals surface area contributed by atoms with Crippen molar-refractivity contribution in [3.63, 3.8) is 0 Å². The van der Waals surface area contributed by atoms with Gasteiger partial charge in [0.1, 0.15) is 0 Å². The molecule has 14 heavy (non-hydrogen) atoms. The number of nitro groups is 1.